The fourth-order valence-corrected chi connectivity index (χ4v) is 9.64. The largest absolute Gasteiger partial charge is 0.472 e. The SMILES string of the molecule is CC/C=C/C/C=C/C/C=C/CCCCCCCCC(=O)NC(COP(=O)(O)OCC[N+](C)(C)C)C(/C=C\CCCCCCCCCCCC)OC(=O)CCCCCCCCCCCC/C=C\C/C=C\C/C=C\CCCCC. The Hall–Kier alpha value is -2.81. The van der Waals surface area contributed by atoms with Gasteiger partial charge in [-0.15, -0.1) is 0 Å². The zero-order chi connectivity index (χ0) is 56.4. The van der Waals surface area contributed by atoms with Crippen LogP contribution in [0, 0.1) is 0 Å². The van der Waals surface area contributed by atoms with Crippen LogP contribution in [0.4, 0.5) is 0 Å². The van der Waals surface area contributed by atoms with Crippen LogP contribution in [0.3, 0.4) is 0 Å². The predicted molar refractivity (Wildman–Crippen MR) is 332 cm³/mol. The van der Waals surface area contributed by atoms with Crippen molar-refractivity contribution in [2.24, 2.45) is 0 Å². The van der Waals surface area contributed by atoms with Gasteiger partial charge >= 0.3 is 13.8 Å². The van der Waals surface area contributed by atoms with Gasteiger partial charge in [-0.05, 0) is 102 Å². The quantitative estimate of drug-likeness (QED) is 0.0205. The fraction of sp³-hybridized carbons (Fsp3) is 0.761. The molecule has 0 bridgehead atoms. The van der Waals surface area contributed by atoms with Crippen molar-refractivity contribution < 1.29 is 37.3 Å². The lowest BCUT2D eigenvalue weighted by molar-refractivity contribution is -0.870. The van der Waals surface area contributed by atoms with Crippen LogP contribution in [0.5, 0.6) is 0 Å². The van der Waals surface area contributed by atoms with Gasteiger partial charge in [0.15, 0.2) is 0 Å². The van der Waals surface area contributed by atoms with E-state index in [-0.39, 0.29) is 31.5 Å². The Morgan fingerprint density at radius 2 is 0.831 bits per heavy atom. The summed E-state index contributed by atoms with van der Waals surface area (Å²) in [5, 5.41) is 3.05. The van der Waals surface area contributed by atoms with Crippen molar-refractivity contribution in [3.05, 3.63) is 85.1 Å². The first-order valence-corrected chi connectivity index (χ1v) is 33.4. The molecule has 77 heavy (non-hydrogen) atoms. The number of rotatable bonds is 57. The van der Waals surface area contributed by atoms with Crippen LogP contribution >= 0.6 is 7.82 Å². The molecule has 0 rings (SSSR count). The van der Waals surface area contributed by atoms with E-state index in [0.29, 0.717) is 17.4 Å². The Bertz CT molecular complexity index is 1590. The van der Waals surface area contributed by atoms with Crippen LogP contribution in [0.2, 0.25) is 0 Å². The van der Waals surface area contributed by atoms with Gasteiger partial charge in [0.2, 0.25) is 5.91 Å². The van der Waals surface area contributed by atoms with E-state index in [9.17, 15) is 19.0 Å². The van der Waals surface area contributed by atoms with Gasteiger partial charge in [-0.3, -0.25) is 18.6 Å². The molecule has 0 aromatic carbocycles. The number of phosphoric acid groups is 1. The number of amides is 1. The highest BCUT2D eigenvalue weighted by molar-refractivity contribution is 7.47. The number of hydrogen-bond acceptors (Lipinski definition) is 6. The van der Waals surface area contributed by atoms with Gasteiger partial charge in [-0.25, -0.2) is 4.57 Å². The molecule has 0 spiro atoms. The van der Waals surface area contributed by atoms with E-state index in [1.54, 1.807) is 0 Å². The van der Waals surface area contributed by atoms with E-state index in [1.807, 2.05) is 33.3 Å². The monoisotopic (exact) mass is 1100 g/mol. The minimum atomic E-state index is -4.46. The van der Waals surface area contributed by atoms with Crippen LogP contribution in [0.25, 0.3) is 0 Å². The second kappa shape index (κ2) is 56.5. The summed E-state index contributed by atoms with van der Waals surface area (Å²) in [5.41, 5.74) is 0. The van der Waals surface area contributed by atoms with Crippen LogP contribution < -0.4 is 5.32 Å². The van der Waals surface area contributed by atoms with Crippen LogP contribution in [-0.4, -0.2) is 74.3 Å². The first-order chi connectivity index (χ1) is 37.4. The molecule has 3 unspecified atom stereocenters. The van der Waals surface area contributed by atoms with Crippen LogP contribution in [0.15, 0.2) is 85.1 Å². The molecule has 0 aliphatic carbocycles. The normalized spacial score (nSPS) is 14.2. The van der Waals surface area contributed by atoms with Gasteiger partial charge in [0.05, 0.1) is 33.8 Å². The van der Waals surface area contributed by atoms with Crippen LogP contribution in [-0.2, 0) is 27.9 Å². The summed E-state index contributed by atoms with van der Waals surface area (Å²) in [7, 11) is 1.48. The maximum Gasteiger partial charge on any atom is 0.472 e. The molecule has 2 N–H and O–H groups in total. The number of allylic oxidation sites excluding steroid dienone is 13. The molecule has 0 fully saturated rings. The van der Waals surface area contributed by atoms with E-state index in [2.05, 4.69) is 99.0 Å². The third-order valence-electron chi connectivity index (χ3n) is 13.8. The minimum absolute atomic E-state index is 0.0337. The lowest BCUT2D eigenvalue weighted by Crippen LogP contribution is -2.47. The van der Waals surface area contributed by atoms with Gasteiger partial charge in [0.1, 0.15) is 19.3 Å². The molecule has 9 nitrogen and oxygen atoms in total. The lowest BCUT2D eigenvalue weighted by atomic mass is 10.0. The molecular formula is C67H122N2O7P+. The van der Waals surface area contributed by atoms with Crippen molar-refractivity contribution in [3.63, 3.8) is 0 Å². The number of likely N-dealkylation sites (N-methyl/N-ethyl adjacent to an activating group) is 1. The molecule has 0 saturated heterocycles. The molecular weight excluding hydrogens is 976 g/mol. The summed E-state index contributed by atoms with van der Waals surface area (Å²) in [6.07, 6.45) is 74.3. The highest BCUT2D eigenvalue weighted by Crippen LogP contribution is 2.43. The number of nitrogens with one attached hydrogen (secondary N) is 1. The molecule has 0 aliphatic heterocycles. The zero-order valence-electron chi connectivity index (χ0n) is 50.9. The number of carbonyl (C=O) groups is 2. The summed E-state index contributed by atoms with van der Waals surface area (Å²) < 4.78 is 30.7. The van der Waals surface area contributed by atoms with Crippen molar-refractivity contribution in [3.8, 4) is 0 Å². The number of unbranched alkanes of at least 4 members (excludes halogenated alkanes) is 29. The van der Waals surface area contributed by atoms with E-state index >= 15 is 0 Å². The Morgan fingerprint density at radius 3 is 1.27 bits per heavy atom. The van der Waals surface area contributed by atoms with Gasteiger partial charge in [0.25, 0.3) is 0 Å². The highest BCUT2D eigenvalue weighted by atomic mass is 31.2. The number of esters is 1. The summed E-state index contributed by atoms with van der Waals surface area (Å²) in [6, 6.07) is -0.861. The summed E-state index contributed by atoms with van der Waals surface area (Å²) >= 11 is 0. The summed E-state index contributed by atoms with van der Waals surface area (Å²) in [6.45, 7) is 6.87. The molecule has 0 heterocycles. The van der Waals surface area contributed by atoms with E-state index in [0.717, 1.165) is 109 Å². The molecule has 3 atom stereocenters. The van der Waals surface area contributed by atoms with E-state index in [4.69, 9.17) is 13.8 Å². The number of hydrogen-bond donors (Lipinski definition) is 2. The van der Waals surface area contributed by atoms with E-state index in [1.165, 1.54) is 135 Å². The lowest BCUT2D eigenvalue weighted by Gasteiger charge is -2.27. The van der Waals surface area contributed by atoms with Crippen molar-refractivity contribution in [2.45, 2.75) is 290 Å². The summed E-state index contributed by atoms with van der Waals surface area (Å²) in [4.78, 5) is 37.7. The Balaban J connectivity index is 5.20. The smallest absolute Gasteiger partial charge is 0.456 e. The maximum absolute atomic E-state index is 13.5. The second-order valence-electron chi connectivity index (χ2n) is 22.5. The van der Waals surface area contributed by atoms with Gasteiger partial charge < -0.3 is 19.4 Å². The predicted octanol–water partition coefficient (Wildman–Crippen LogP) is 19.8. The molecule has 0 radical (unpaired) electrons. The van der Waals surface area contributed by atoms with Gasteiger partial charge in [0, 0.05) is 12.8 Å². The fourth-order valence-electron chi connectivity index (χ4n) is 8.90. The average Bonchev–Trinajstić information content (AvgIpc) is 3.39. The number of ether oxygens (including phenoxy) is 1. The summed E-state index contributed by atoms with van der Waals surface area (Å²) in [5.74, 6) is -0.524. The van der Waals surface area contributed by atoms with Gasteiger partial charge in [-0.2, -0.15) is 0 Å². The zero-order valence-corrected chi connectivity index (χ0v) is 51.8. The standard InChI is InChI=1S/C67H121N2O7P/c1-7-10-13-16-19-22-25-28-30-32-33-34-35-36-37-38-40-42-45-48-51-54-57-60-67(71)76-65(58-55-52-49-46-43-27-24-21-18-15-12-9-3)64(63-75-77(72,73)74-62-61-69(4,5)6)68-66(70)59-56-53-50-47-44-41-39-31-29-26-23-20-17-14-11-8-2/h11,14,19-20,22-23,28-31,33-34,55,58,64-65H,7-10,12-13,15-18,21,24-27,32,35-54,56-57,59-63H2,1-6H3,(H-,68,70,72,73)/p+1/b14-11+,22-19-,23-20+,30-28-,31-29+,34-33-,58-55-. The third-order valence-corrected chi connectivity index (χ3v) is 14.8. The number of carbonyl (C=O) groups excluding carboxylic acids is 2. The highest BCUT2D eigenvalue weighted by Gasteiger charge is 2.30. The van der Waals surface area contributed by atoms with Crippen molar-refractivity contribution in [2.75, 3.05) is 40.9 Å². The molecule has 10 heteroatoms. The van der Waals surface area contributed by atoms with Gasteiger partial charge in [-0.1, -0.05) is 247 Å². The molecule has 0 aromatic rings. The molecule has 446 valence electrons. The molecule has 1 amide bonds. The number of nitrogens with zero attached hydrogens (tertiary/aromatic N) is 1. The minimum Gasteiger partial charge on any atom is -0.456 e. The van der Waals surface area contributed by atoms with Crippen molar-refractivity contribution in [1.82, 2.24) is 5.32 Å². The Kier molecular flexibility index (Phi) is 54.4. The molecule has 0 aliphatic rings. The maximum atomic E-state index is 13.5. The first kappa shape index (κ1) is 74.2. The Morgan fingerprint density at radius 1 is 0.468 bits per heavy atom. The topological polar surface area (TPSA) is 111 Å². The van der Waals surface area contributed by atoms with Crippen LogP contribution in [0.1, 0.15) is 278 Å². The van der Waals surface area contributed by atoms with Crippen molar-refractivity contribution >= 4 is 19.7 Å². The second-order valence-corrected chi connectivity index (χ2v) is 24.0. The number of quaternary nitrogens is 1. The van der Waals surface area contributed by atoms with E-state index < -0.39 is 20.0 Å². The van der Waals surface area contributed by atoms with Crippen molar-refractivity contribution in [1.29, 1.82) is 0 Å². The first-order valence-electron chi connectivity index (χ1n) is 31.9. The third kappa shape index (κ3) is 57.7. The Labute approximate surface area is 476 Å². The number of phosphoric ester groups is 1. The average molecular weight is 1100 g/mol. The molecule has 0 saturated carbocycles. The molecule has 0 aromatic heterocycles.